The second-order valence-corrected chi connectivity index (χ2v) is 8.66. The average molecular weight is 459 g/mol. The first-order chi connectivity index (χ1) is 16.0. The molecule has 0 saturated heterocycles. The summed E-state index contributed by atoms with van der Waals surface area (Å²) in [5, 5.41) is 9.66. The fourth-order valence-corrected chi connectivity index (χ4v) is 4.65. The zero-order valence-corrected chi connectivity index (χ0v) is 18.8. The molecular formula is C25H19FN4O2S. The molecule has 3 aromatic carbocycles. The molecule has 2 heterocycles. The van der Waals surface area contributed by atoms with Crippen LogP contribution in [-0.4, -0.2) is 30.7 Å². The van der Waals surface area contributed by atoms with Crippen molar-refractivity contribution in [2.24, 2.45) is 0 Å². The summed E-state index contributed by atoms with van der Waals surface area (Å²) in [6, 6.07) is 18.5. The zero-order valence-electron chi connectivity index (χ0n) is 17.9. The van der Waals surface area contributed by atoms with Gasteiger partial charge in [0.15, 0.2) is 10.9 Å². The van der Waals surface area contributed by atoms with Crippen LogP contribution in [0.25, 0.3) is 22.4 Å². The van der Waals surface area contributed by atoms with Crippen LogP contribution in [0.3, 0.4) is 0 Å². The van der Waals surface area contributed by atoms with Gasteiger partial charge in [-0.1, -0.05) is 36.0 Å². The monoisotopic (exact) mass is 458 g/mol. The number of hydrogen-bond donors (Lipinski definition) is 0. The largest absolute Gasteiger partial charge is 0.293 e. The van der Waals surface area contributed by atoms with E-state index in [2.05, 4.69) is 10.2 Å². The van der Waals surface area contributed by atoms with Gasteiger partial charge in [-0.25, -0.2) is 8.96 Å². The molecule has 0 amide bonds. The Balaban J connectivity index is 1.66. The molecule has 0 saturated carbocycles. The van der Waals surface area contributed by atoms with Gasteiger partial charge in [-0.2, -0.15) is 0 Å². The molecule has 8 heteroatoms. The Morgan fingerprint density at radius 2 is 1.73 bits per heavy atom. The van der Waals surface area contributed by atoms with Gasteiger partial charge in [0.05, 0.1) is 22.3 Å². The van der Waals surface area contributed by atoms with Gasteiger partial charge in [-0.05, 0) is 67.4 Å². The van der Waals surface area contributed by atoms with Gasteiger partial charge in [0, 0.05) is 5.56 Å². The normalized spacial score (nSPS) is 11.4. The predicted octanol–water partition coefficient (Wildman–Crippen LogP) is 4.76. The number of thioether (sulfide) groups is 1. The summed E-state index contributed by atoms with van der Waals surface area (Å²) in [5.74, 6) is -0.0600. The van der Waals surface area contributed by atoms with Crippen molar-refractivity contribution in [2.75, 3.05) is 5.75 Å². The number of fused-ring (bicyclic) bond motifs is 3. The van der Waals surface area contributed by atoms with Crippen molar-refractivity contribution >= 4 is 34.2 Å². The Hall–Kier alpha value is -3.78. The van der Waals surface area contributed by atoms with Gasteiger partial charge < -0.3 is 0 Å². The molecule has 33 heavy (non-hydrogen) atoms. The Kier molecular flexibility index (Phi) is 5.30. The molecule has 0 fully saturated rings. The number of ketones is 1. The van der Waals surface area contributed by atoms with Crippen LogP contribution in [0.15, 0.2) is 76.7 Å². The smallest absolute Gasteiger partial charge is 0.267 e. The minimum absolute atomic E-state index is 0.101. The second kappa shape index (κ2) is 8.29. The highest BCUT2D eigenvalue weighted by Crippen LogP contribution is 2.25. The molecule has 0 N–H and O–H groups in total. The van der Waals surface area contributed by atoms with E-state index in [1.807, 2.05) is 50.2 Å². The summed E-state index contributed by atoms with van der Waals surface area (Å²) in [6.07, 6.45) is 0. The Morgan fingerprint density at radius 3 is 2.52 bits per heavy atom. The highest BCUT2D eigenvalue weighted by atomic mass is 32.2. The van der Waals surface area contributed by atoms with E-state index in [0.29, 0.717) is 27.4 Å². The molecule has 2 aromatic heterocycles. The maximum absolute atomic E-state index is 13.5. The van der Waals surface area contributed by atoms with Gasteiger partial charge in [-0.15, -0.1) is 10.2 Å². The molecule has 0 aliphatic carbocycles. The van der Waals surface area contributed by atoms with E-state index in [-0.39, 0.29) is 17.1 Å². The summed E-state index contributed by atoms with van der Waals surface area (Å²) < 4.78 is 16.6. The number of aromatic nitrogens is 4. The van der Waals surface area contributed by atoms with Crippen molar-refractivity contribution in [3.63, 3.8) is 0 Å². The van der Waals surface area contributed by atoms with E-state index in [0.717, 1.165) is 16.8 Å². The lowest BCUT2D eigenvalue weighted by atomic mass is 10.1. The van der Waals surface area contributed by atoms with Crippen LogP contribution in [0.4, 0.5) is 4.39 Å². The molecule has 0 spiro atoms. The molecule has 0 unspecified atom stereocenters. The highest BCUT2D eigenvalue weighted by molar-refractivity contribution is 7.99. The molecule has 0 aliphatic heterocycles. The first kappa shape index (κ1) is 21.1. The van der Waals surface area contributed by atoms with E-state index in [4.69, 9.17) is 0 Å². The number of nitrogens with zero attached hydrogens (tertiary/aromatic N) is 4. The summed E-state index contributed by atoms with van der Waals surface area (Å²) in [7, 11) is 0. The third kappa shape index (κ3) is 3.62. The van der Waals surface area contributed by atoms with Crippen molar-refractivity contribution in [3.8, 4) is 5.69 Å². The number of rotatable bonds is 5. The number of carbonyl (C=O) groups excluding carboxylic acids is 1. The van der Waals surface area contributed by atoms with Crippen LogP contribution in [0, 0.1) is 19.7 Å². The van der Waals surface area contributed by atoms with E-state index in [1.165, 1.54) is 36.0 Å². The first-order valence-electron chi connectivity index (χ1n) is 10.3. The van der Waals surface area contributed by atoms with Crippen LogP contribution >= 0.6 is 11.8 Å². The highest BCUT2D eigenvalue weighted by Gasteiger charge is 2.20. The fraction of sp³-hybridized carbons (Fsp3) is 0.120. The number of carbonyl (C=O) groups is 1. The SMILES string of the molecule is Cc1cccc(-n2c(=O)c3ccccc3n3c(SCC(=O)c4ccc(F)cc4)nnc23)c1C. The molecule has 0 atom stereocenters. The number of benzene rings is 3. The third-order valence-electron chi connectivity index (χ3n) is 5.71. The van der Waals surface area contributed by atoms with Crippen molar-refractivity contribution in [2.45, 2.75) is 19.0 Å². The minimum Gasteiger partial charge on any atom is -0.293 e. The van der Waals surface area contributed by atoms with Crippen LogP contribution < -0.4 is 5.56 Å². The number of aryl methyl sites for hydroxylation is 1. The van der Waals surface area contributed by atoms with Crippen LogP contribution in [-0.2, 0) is 0 Å². The molecule has 0 radical (unpaired) electrons. The zero-order chi connectivity index (χ0) is 23.1. The minimum atomic E-state index is -0.390. The molecule has 0 aliphatic rings. The molecule has 6 nitrogen and oxygen atoms in total. The summed E-state index contributed by atoms with van der Waals surface area (Å²) in [6.45, 7) is 3.96. The lowest BCUT2D eigenvalue weighted by molar-refractivity contribution is 0.102. The lowest BCUT2D eigenvalue weighted by Gasteiger charge is -2.14. The quantitative estimate of drug-likeness (QED) is 0.280. The number of halogens is 1. The van der Waals surface area contributed by atoms with E-state index < -0.39 is 5.82 Å². The maximum Gasteiger partial charge on any atom is 0.267 e. The van der Waals surface area contributed by atoms with Crippen LogP contribution in [0.2, 0.25) is 0 Å². The van der Waals surface area contributed by atoms with Gasteiger partial charge in [0.2, 0.25) is 5.78 Å². The second-order valence-electron chi connectivity index (χ2n) is 7.71. The van der Waals surface area contributed by atoms with Gasteiger partial charge in [-0.3, -0.25) is 14.0 Å². The van der Waals surface area contributed by atoms with E-state index in [9.17, 15) is 14.0 Å². The lowest BCUT2D eigenvalue weighted by Crippen LogP contribution is -2.22. The Morgan fingerprint density at radius 1 is 0.970 bits per heavy atom. The molecular weight excluding hydrogens is 439 g/mol. The van der Waals surface area contributed by atoms with E-state index >= 15 is 0 Å². The standard InChI is InChI=1S/C25H19FN4O2S/c1-15-6-5-9-20(16(15)2)29-23(32)19-7-3-4-8-21(19)30-24(29)27-28-25(30)33-14-22(31)17-10-12-18(26)13-11-17/h3-13H,14H2,1-2H3. The van der Waals surface area contributed by atoms with Gasteiger partial charge in [0.1, 0.15) is 5.82 Å². The van der Waals surface area contributed by atoms with Gasteiger partial charge >= 0.3 is 0 Å². The summed E-state index contributed by atoms with van der Waals surface area (Å²) >= 11 is 1.23. The Bertz CT molecular complexity index is 1590. The third-order valence-corrected chi connectivity index (χ3v) is 6.64. The van der Waals surface area contributed by atoms with E-state index in [1.54, 1.807) is 15.0 Å². The Labute approximate surface area is 192 Å². The van der Waals surface area contributed by atoms with Crippen molar-refractivity contribution in [1.82, 2.24) is 19.2 Å². The average Bonchev–Trinajstić information content (AvgIpc) is 3.24. The number of hydrogen-bond acceptors (Lipinski definition) is 5. The number of Topliss-reactive ketones (excluding diaryl/α,β-unsaturated/α-hetero) is 1. The summed E-state index contributed by atoms with van der Waals surface area (Å²) in [4.78, 5) is 26.1. The molecule has 0 bridgehead atoms. The van der Waals surface area contributed by atoms with Gasteiger partial charge in [0.25, 0.3) is 5.56 Å². The first-order valence-corrected chi connectivity index (χ1v) is 11.3. The van der Waals surface area contributed by atoms with Crippen molar-refractivity contribution in [3.05, 3.63) is 99.6 Å². The van der Waals surface area contributed by atoms with Crippen molar-refractivity contribution in [1.29, 1.82) is 0 Å². The van der Waals surface area contributed by atoms with Crippen LogP contribution in [0.1, 0.15) is 21.5 Å². The van der Waals surface area contributed by atoms with Crippen LogP contribution in [0.5, 0.6) is 0 Å². The molecule has 5 rings (SSSR count). The van der Waals surface area contributed by atoms with Crippen molar-refractivity contribution < 1.29 is 9.18 Å². The fourth-order valence-electron chi connectivity index (χ4n) is 3.82. The number of para-hydroxylation sites is 1. The molecule has 164 valence electrons. The summed E-state index contributed by atoms with van der Waals surface area (Å²) in [5.41, 5.74) is 3.68. The topological polar surface area (TPSA) is 69.3 Å². The molecule has 5 aromatic rings. The predicted molar refractivity (Wildman–Crippen MR) is 127 cm³/mol. The maximum atomic E-state index is 13.5.